The lowest BCUT2D eigenvalue weighted by molar-refractivity contribution is 0.788. The molecular formula is C8H14N2S. The van der Waals surface area contributed by atoms with Crippen molar-refractivity contribution >= 4 is 16.5 Å². The molecule has 0 atom stereocenters. The molecular weight excluding hydrogens is 156 g/mol. The minimum absolute atomic E-state index is 1.06. The predicted octanol–water partition coefficient (Wildman–Crippen LogP) is 2.38. The van der Waals surface area contributed by atoms with Gasteiger partial charge in [0.05, 0.1) is 0 Å². The molecule has 62 valence electrons. The quantitative estimate of drug-likeness (QED) is 0.689. The zero-order valence-electron chi connectivity index (χ0n) is 7.08. The molecule has 0 bridgehead atoms. The van der Waals surface area contributed by atoms with E-state index in [9.17, 15) is 0 Å². The summed E-state index contributed by atoms with van der Waals surface area (Å²) in [5, 5.41) is 3.17. The fourth-order valence-electron chi connectivity index (χ4n) is 1.03. The van der Waals surface area contributed by atoms with Crippen LogP contribution in [0.2, 0.25) is 0 Å². The highest BCUT2D eigenvalue weighted by Gasteiger charge is 2.03. The van der Waals surface area contributed by atoms with E-state index in [-0.39, 0.29) is 0 Å². The van der Waals surface area contributed by atoms with Gasteiger partial charge >= 0.3 is 0 Å². The van der Waals surface area contributed by atoms with E-state index >= 15 is 0 Å². The molecule has 1 aromatic heterocycles. The van der Waals surface area contributed by atoms with Crippen molar-refractivity contribution in [1.29, 1.82) is 0 Å². The predicted molar refractivity (Wildman–Crippen MR) is 50.3 cm³/mol. The third kappa shape index (κ3) is 2.19. The number of nitrogens with zero attached hydrogens (tertiary/aromatic N) is 2. The highest BCUT2D eigenvalue weighted by atomic mass is 32.1. The van der Waals surface area contributed by atoms with Crippen LogP contribution in [0.4, 0.5) is 5.13 Å². The Hall–Kier alpha value is -0.570. The summed E-state index contributed by atoms with van der Waals surface area (Å²) in [6.45, 7) is 6.53. The van der Waals surface area contributed by atoms with Gasteiger partial charge in [-0.25, -0.2) is 4.98 Å². The molecule has 0 fully saturated rings. The summed E-state index contributed by atoms with van der Waals surface area (Å²) in [6, 6.07) is 0. The van der Waals surface area contributed by atoms with E-state index in [1.807, 2.05) is 11.6 Å². The Kier molecular flexibility index (Phi) is 3.36. The van der Waals surface area contributed by atoms with E-state index in [1.54, 1.807) is 11.3 Å². The number of hydrogen-bond acceptors (Lipinski definition) is 3. The Morgan fingerprint density at radius 1 is 1.55 bits per heavy atom. The van der Waals surface area contributed by atoms with Gasteiger partial charge in [0.15, 0.2) is 5.13 Å². The van der Waals surface area contributed by atoms with Gasteiger partial charge in [-0.15, -0.1) is 11.3 Å². The largest absolute Gasteiger partial charge is 0.348 e. The van der Waals surface area contributed by atoms with Crippen LogP contribution in [-0.2, 0) is 0 Å². The van der Waals surface area contributed by atoms with Crippen molar-refractivity contribution < 1.29 is 0 Å². The van der Waals surface area contributed by atoms with Crippen LogP contribution in [0.3, 0.4) is 0 Å². The van der Waals surface area contributed by atoms with Gasteiger partial charge in [0.25, 0.3) is 0 Å². The minimum Gasteiger partial charge on any atom is -0.348 e. The van der Waals surface area contributed by atoms with Gasteiger partial charge in [-0.1, -0.05) is 6.92 Å². The van der Waals surface area contributed by atoms with Crippen molar-refractivity contribution in [3.05, 3.63) is 11.6 Å². The number of anilines is 1. The molecule has 0 aromatic carbocycles. The third-order valence-corrected chi connectivity index (χ3v) is 2.40. The molecule has 1 heterocycles. The van der Waals surface area contributed by atoms with Crippen LogP contribution in [0.25, 0.3) is 0 Å². The maximum Gasteiger partial charge on any atom is 0.185 e. The van der Waals surface area contributed by atoms with Crippen molar-refractivity contribution in [2.45, 2.75) is 20.3 Å². The van der Waals surface area contributed by atoms with Gasteiger partial charge in [0, 0.05) is 24.7 Å². The fourth-order valence-corrected chi connectivity index (χ4v) is 1.77. The summed E-state index contributed by atoms with van der Waals surface area (Å²) < 4.78 is 0. The van der Waals surface area contributed by atoms with Crippen LogP contribution in [0, 0.1) is 0 Å². The summed E-state index contributed by atoms with van der Waals surface area (Å²) in [6.07, 6.45) is 3.05. The second kappa shape index (κ2) is 4.34. The highest BCUT2D eigenvalue weighted by Crippen LogP contribution is 2.16. The minimum atomic E-state index is 1.06. The number of thiazole rings is 1. The van der Waals surface area contributed by atoms with E-state index in [0.29, 0.717) is 0 Å². The molecule has 0 aliphatic heterocycles. The molecule has 0 spiro atoms. The van der Waals surface area contributed by atoms with Gasteiger partial charge in [-0.2, -0.15) is 0 Å². The fraction of sp³-hybridized carbons (Fsp3) is 0.625. The Morgan fingerprint density at radius 3 is 2.82 bits per heavy atom. The highest BCUT2D eigenvalue weighted by molar-refractivity contribution is 7.13. The van der Waals surface area contributed by atoms with E-state index < -0.39 is 0 Å². The topological polar surface area (TPSA) is 16.1 Å². The summed E-state index contributed by atoms with van der Waals surface area (Å²) in [5.41, 5.74) is 0. The van der Waals surface area contributed by atoms with Gasteiger partial charge in [0.2, 0.25) is 0 Å². The first kappa shape index (κ1) is 8.53. The van der Waals surface area contributed by atoms with E-state index in [0.717, 1.165) is 18.2 Å². The molecule has 2 nitrogen and oxygen atoms in total. The Balaban J connectivity index is 2.56. The van der Waals surface area contributed by atoms with Crippen molar-refractivity contribution in [2.75, 3.05) is 18.0 Å². The lowest BCUT2D eigenvalue weighted by Crippen LogP contribution is -2.22. The van der Waals surface area contributed by atoms with E-state index in [4.69, 9.17) is 0 Å². The molecule has 0 unspecified atom stereocenters. The second-order valence-electron chi connectivity index (χ2n) is 2.39. The average Bonchev–Trinajstić information content (AvgIpc) is 2.52. The number of aromatic nitrogens is 1. The molecule has 1 aromatic rings. The second-order valence-corrected chi connectivity index (χ2v) is 3.27. The maximum absolute atomic E-state index is 4.25. The first-order valence-electron chi connectivity index (χ1n) is 4.03. The molecule has 0 aliphatic carbocycles. The summed E-state index contributed by atoms with van der Waals surface area (Å²) >= 11 is 1.71. The van der Waals surface area contributed by atoms with Gasteiger partial charge in [-0.05, 0) is 13.3 Å². The van der Waals surface area contributed by atoms with Gasteiger partial charge in [-0.3, -0.25) is 0 Å². The SMILES string of the molecule is CCCN(CC)c1nccs1. The zero-order chi connectivity index (χ0) is 8.10. The third-order valence-electron chi connectivity index (χ3n) is 1.57. The number of rotatable bonds is 4. The summed E-state index contributed by atoms with van der Waals surface area (Å²) in [4.78, 5) is 6.55. The zero-order valence-corrected chi connectivity index (χ0v) is 7.90. The van der Waals surface area contributed by atoms with Gasteiger partial charge in [0.1, 0.15) is 0 Å². The Labute approximate surface area is 71.9 Å². The molecule has 1 rings (SSSR count). The lowest BCUT2D eigenvalue weighted by atomic mass is 10.4. The molecule has 0 saturated carbocycles. The molecule has 0 N–H and O–H groups in total. The number of hydrogen-bond donors (Lipinski definition) is 0. The maximum atomic E-state index is 4.25. The van der Waals surface area contributed by atoms with Crippen molar-refractivity contribution in [1.82, 2.24) is 4.98 Å². The average molecular weight is 170 g/mol. The smallest absolute Gasteiger partial charge is 0.185 e. The Morgan fingerprint density at radius 2 is 2.36 bits per heavy atom. The summed E-state index contributed by atoms with van der Waals surface area (Å²) in [5.74, 6) is 0. The van der Waals surface area contributed by atoms with E-state index in [2.05, 4.69) is 23.7 Å². The monoisotopic (exact) mass is 170 g/mol. The summed E-state index contributed by atoms with van der Waals surface area (Å²) in [7, 11) is 0. The Bertz CT molecular complexity index is 184. The van der Waals surface area contributed by atoms with Crippen LogP contribution < -0.4 is 4.90 Å². The van der Waals surface area contributed by atoms with Crippen LogP contribution in [0.15, 0.2) is 11.6 Å². The van der Waals surface area contributed by atoms with Crippen LogP contribution in [0.1, 0.15) is 20.3 Å². The van der Waals surface area contributed by atoms with Crippen molar-refractivity contribution in [3.63, 3.8) is 0 Å². The normalized spacial score (nSPS) is 10.0. The molecule has 0 radical (unpaired) electrons. The lowest BCUT2D eigenvalue weighted by Gasteiger charge is -2.17. The van der Waals surface area contributed by atoms with E-state index in [1.165, 1.54) is 6.42 Å². The molecule has 11 heavy (non-hydrogen) atoms. The first-order chi connectivity index (χ1) is 5.38. The molecule has 0 aliphatic rings. The molecule has 0 saturated heterocycles. The van der Waals surface area contributed by atoms with Crippen molar-refractivity contribution in [3.8, 4) is 0 Å². The first-order valence-corrected chi connectivity index (χ1v) is 4.90. The van der Waals surface area contributed by atoms with Crippen LogP contribution >= 0.6 is 11.3 Å². The molecule has 0 amide bonds. The van der Waals surface area contributed by atoms with Gasteiger partial charge < -0.3 is 4.90 Å². The van der Waals surface area contributed by atoms with Crippen LogP contribution in [0.5, 0.6) is 0 Å². The molecule has 3 heteroatoms. The van der Waals surface area contributed by atoms with Crippen LogP contribution in [-0.4, -0.2) is 18.1 Å². The standard InChI is InChI=1S/C8H14N2S/c1-3-6-10(4-2)8-9-5-7-11-8/h5,7H,3-4,6H2,1-2H3. The van der Waals surface area contributed by atoms with Crippen molar-refractivity contribution in [2.24, 2.45) is 0 Å².